The van der Waals surface area contributed by atoms with Crippen LogP contribution in [0.25, 0.3) is 0 Å². The molecule has 0 bridgehead atoms. The Morgan fingerprint density at radius 2 is 2.39 bits per heavy atom. The van der Waals surface area contributed by atoms with E-state index in [-0.39, 0.29) is 5.91 Å². The number of nitrogens with one attached hydrogen (secondary N) is 2. The van der Waals surface area contributed by atoms with E-state index >= 15 is 0 Å². The maximum absolute atomic E-state index is 11.5. The van der Waals surface area contributed by atoms with E-state index in [2.05, 4.69) is 36.6 Å². The summed E-state index contributed by atoms with van der Waals surface area (Å²) < 4.78 is 0. The molecule has 1 aliphatic heterocycles. The molecule has 4 heteroatoms. The van der Waals surface area contributed by atoms with Crippen LogP contribution in [0.15, 0.2) is 12.1 Å². The molecular weight excluding hydrogens is 244 g/mol. The molecule has 2 unspecified atom stereocenters. The molecule has 0 saturated carbocycles. The summed E-state index contributed by atoms with van der Waals surface area (Å²) in [4.78, 5) is 14.3. The summed E-state index contributed by atoms with van der Waals surface area (Å²) in [5.41, 5.74) is 0. The number of thiophene rings is 1. The molecule has 3 nitrogen and oxygen atoms in total. The second-order valence-corrected chi connectivity index (χ2v) is 6.55. The molecule has 1 aliphatic rings. The minimum Gasteiger partial charge on any atom is -0.356 e. The number of hydrogen-bond acceptors (Lipinski definition) is 3. The Hall–Kier alpha value is -0.870. The number of amides is 1. The first-order valence-corrected chi connectivity index (χ1v) is 7.53. The first-order valence-electron chi connectivity index (χ1n) is 6.71. The highest BCUT2D eigenvalue weighted by Crippen LogP contribution is 2.17. The summed E-state index contributed by atoms with van der Waals surface area (Å²) in [7, 11) is 0. The molecule has 1 amide bonds. The number of carbonyl (C=O) groups excluding carboxylic acids is 1. The fraction of sp³-hybridized carbons (Fsp3) is 0.643. The van der Waals surface area contributed by atoms with Crippen molar-refractivity contribution in [1.82, 2.24) is 10.6 Å². The molecule has 1 saturated heterocycles. The highest BCUT2D eigenvalue weighted by molar-refractivity contribution is 7.11. The van der Waals surface area contributed by atoms with Gasteiger partial charge in [0.2, 0.25) is 5.91 Å². The third kappa shape index (κ3) is 4.10. The third-order valence-electron chi connectivity index (χ3n) is 3.31. The maximum atomic E-state index is 11.5. The molecule has 1 aromatic heterocycles. The van der Waals surface area contributed by atoms with Gasteiger partial charge in [-0.25, -0.2) is 0 Å². The SMILES string of the molecule is Cc1ccc(CC(C)NC2CCCNC(=O)C2)s1. The molecule has 0 aliphatic carbocycles. The molecule has 2 rings (SSSR count). The van der Waals surface area contributed by atoms with Crippen LogP contribution in [0.2, 0.25) is 0 Å². The topological polar surface area (TPSA) is 41.1 Å². The Bertz CT molecular complexity index is 402. The van der Waals surface area contributed by atoms with E-state index in [0.29, 0.717) is 18.5 Å². The highest BCUT2D eigenvalue weighted by atomic mass is 32.1. The van der Waals surface area contributed by atoms with Crippen molar-refractivity contribution in [2.24, 2.45) is 0 Å². The summed E-state index contributed by atoms with van der Waals surface area (Å²) >= 11 is 1.86. The van der Waals surface area contributed by atoms with Gasteiger partial charge in [0, 0.05) is 34.8 Å². The zero-order valence-electron chi connectivity index (χ0n) is 11.2. The Labute approximate surface area is 113 Å². The van der Waals surface area contributed by atoms with Gasteiger partial charge in [-0.05, 0) is 45.2 Å². The fourth-order valence-electron chi connectivity index (χ4n) is 2.47. The van der Waals surface area contributed by atoms with Gasteiger partial charge in [-0.1, -0.05) is 0 Å². The summed E-state index contributed by atoms with van der Waals surface area (Å²) in [6.07, 6.45) is 3.84. The second-order valence-electron chi connectivity index (χ2n) is 5.18. The van der Waals surface area contributed by atoms with E-state index in [9.17, 15) is 4.79 Å². The summed E-state index contributed by atoms with van der Waals surface area (Å²) in [5.74, 6) is 0.184. The van der Waals surface area contributed by atoms with Gasteiger partial charge in [-0.2, -0.15) is 0 Å². The molecule has 0 aromatic carbocycles. The molecule has 100 valence electrons. The van der Waals surface area contributed by atoms with Crippen molar-refractivity contribution in [3.8, 4) is 0 Å². The van der Waals surface area contributed by atoms with Crippen LogP contribution in [0, 0.1) is 6.92 Å². The predicted octanol–water partition coefficient (Wildman–Crippen LogP) is 2.25. The zero-order chi connectivity index (χ0) is 13.0. The summed E-state index contributed by atoms with van der Waals surface area (Å²) in [6.45, 7) is 5.18. The van der Waals surface area contributed by atoms with E-state index in [1.807, 2.05) is 11.3 Å². The lowest BCUT2D eigenvalue weighted by atomic mass is 10.1. The number of carbonyl (C=O) groups is 1. The lowest BCUT2D eigenvalue weighted by Crippen LogP contribution is -2.39. The van der Waals surface area contributed by atoms with Crippen molar-refractivity contribution < 1.29 is 4.79 Å². The van der Waals surface area contributed by atoms with Gasteiger partial charge in [0.25, 0.3) is 0 Å². The molecule has 0 radical (unpaired) electrons. The first kappa shape index (κ1) is 13.6. The average molecular weight is 266 g/mol. The Kier molecular flexibility index (Phi) is 4.78. The number of hydrogen-bond donors (Lipinski definition) is 2. The van der Waals surface area contributed by atoms with Gasteiger partial charge in [0.05, 0.1) is 0 Å². The van der Waals surface area contributed by atoms with Crippen LogP contribution in [0.4, 0.5) is 0 Å². The van der Waals surface area contributed by atoms with Crippen LogP contribution in [0.3, 0.4) is 0 Å². The van der Waals surface area contributed by atoms with Gasteiger partial charge >= 0.3 is 0 Å². The van der Waals surface area contributed by atoms with Crippen LogP contribution in [-0.2, 0) is 11.2 Å². The van der Waals surface area contributed by atoms with Crippen LogP contribution >= 0.6 is 11.3 Å². The highest BCUT2D eigenvalue weighted by Gasteiger charge is 2.19. The van der Waals surface area contributed by atoms with Gasteiger partial charge in [-0.3, -0.25) is 4.79 Å². The molecule has 2 N–H and O–H groups in total. The van der Waals surface area contributed by atoms with E-state index in [0.717, 1.165) is 25.8 Å². The number of rotatable bonds is 4. The molecular formula is C14H22N2OS. The van der Waals surface area contributed by atoms with Crippen molar-refractivity contribution in [1.29, 1.82) is 0 Å². The molecule has 0 spiro atoms. The minimum atomic E-state index is 0.184. The van der Waals surface area contributed by atoms with Crippen LogP contribution in [-0.4, -0.2) is 24.5 Å². The van der Waals surface area contributed by atoms with Crippen molar-refractivity contribution in [2.75, 3.05) is 6.54 Å². The zero-order valence-corrected chi connectivity index (χ0v) is 12.0. The quantitative estimate of drug-likeness (QED) is 0.877. The van der Waals surface area contributed by atoms with Crippen molar-refractivity contribution in [2.45, 2.75) is 51.6 Å². The van der Waals surface area contributed by atoms with Gasteiger partial charge < -0.3 is 10.6 Å². The van der Waals surface area contributed by atoms with Gasteiger partial charge in [0.15, 0.2) is 0 Å². The van der Waals surface area contributed by atoms with E-state index in [4.69, 9.17) is 0 Å². The normalized spacial score (nSPS) is 22.3. The van der Waals surface area contributed by atoms with E-state index in [1.165, 1.54) is 9.75 Å². The standard InChI is InChI=1S/C14H22N2OS/c1-10(8-13-6-5-11(2)18-13)16-12-4-3-7-15-14(17)9-12/h5-6,10,12,16H,3-4,7-9H2,1-2H3,(H,15,17). The van der Waals surface area contributed by atoms with Crippen LogP contribution in [0.5, 0.6) is 0 Å². The first-order chi connectivity index (χ1) is 8.63. The Morgan fingerprint density at radius 1 is 1.56 bits per heavy atom. The van der Waals surface area contributed by atoms with Crippen molar-refractivity contribution in [3.63, 3.8) is 0 Å². The Morgan fingerprint density at radius 3 is 3.11 bits per heavy atom. The molecule has 2 atom stereocenters. The lowest BCUT2D eigenvalue weighted by Gasteiger charge is -2.20. The fourth-order valence-corrected chi connectivity index (χ4v) is 3.49. The van der Waals surface area contributed by atoms with Crippen LogP contribution in [0.1, 0.15) is 35.9 Å². The summed E-state index contributed by atoms with van der Waals surface area (Å²) in [6, 6.07) is 5.14. The second kappa shape index (κ2) is 6.34. The van der Waals surface area contributed by atoms with Gasteiger partial charge in [-0.15, -0.1) is 11.3 Å². The molecule has 1 aromatic rings. The molecule has 2 heterocycles. The average Bonchev–Trinajstić information content (AvgIpc) is 2.57. The van der Waals surface area contributed by atoms with Crippen molar-refractivity contribution >= 4 is 17.2 Å². The van der Waals surface area contributed by atoms with E-state index in [1.54, 1.807) is 0 Å². The number of aryl methyl sites for hydroxylation is 1. The lowest BCUT2D eigenvalue weighted by molar-refractivity contribution is -0.121. The van der Waals surface area contributed by atoms with Gasteiger partial charge in [0.1, 0.15) is 0 Å². The summed E-state index contributed by atoms with van der Waals surface area (Å²) in [5, 5.41) is 6.52. The molecule has 1 fully saturated rings. The van der Waals surface area contributed by atoms with Crippen LogP contribution < -0.4 is 10.6 Å². The largest absolute Gasteiger partial charge is 0.356 e. The smallest absolute Gasteiger partial charge is 0.221 e. The third-order valence-corrected chi connectivity index (χ3v) is 4.33. The maximum Gasteiger partial charge on any atom is 0.221 e. The molecule has 18 heavy (non-hydrogen) atoms. The minimum absolute atomic E-state index is 0.184. The Balaban J connectivity index is 1.82. The van der Waals surface area contributed by atoms with E-state index < -0.39 is 0 Å². The monoisotopic (exact) mass is 266 g/mol. The predicted molar refractivity (Wildman–Crippen MR) is 76.0 cm³/mol. The van der Waals surface area contributed by atoms with Crippen molar-refractivity contribution in [3.05, 3.63) is 21.9 Å².